The van der Waals surface area contributed by atoms with Gasteiger partial charge in [0.15, 0.2) is 0 Å². The summed E-state index contributed by atoms with van der Waals surface area (Å²) in [5, 5.41) is 8.60. The van der Waals surface area contributed by atoms with Gasteiger partial charge in [0, 0.05) is 10.0 Å². The third kappa shape index (κ3) is 3.05. The first-order valence-corrected chi connectivity index (χ1v) is 11.4. The maximum atomic E-state index is 12.5. The molecule has 2 aromatic heterocycles. The van der Waals surface area contributed by atoms with E-state index in [0.29, 0.717) is 5.75 Å². The van der Waals surface area contributed by atoms with Crippen LogP contribution in [0.1, 0.15) is 22.1 Å². The minimum atomic E-state index is -0.0222. The van der Waals surface area contributed by atoms with Gasteiger partial charge in [-0.3, -0.25) is 4.79 Å². The highest BCUT2D eigenvalue weighted by atomic mass is 79.9. The van der Waals surface area contributed by atoms with Gasteiger partial charge >= 0.3 is 0 Å². The largest absolute Gasteiger partial charge is 0.310 e. The number of aryl methyl sites for hydroxylation is 1. The van der Waals surface area contributed by atoms with Crippen molar-refractivity contribution in [3.05, 3.63) is 69.8 Å². The summed E-state index contributed by atoms with van der Waals surface area (Å²) in [6, 6.07) is 16.2. The molecule has 0 aliphatic carbocycles. The molecule has 1 aliphatic heterocycles. The number of carbonyl (C=O) groups excluding carboxylic acids is 1. The van der Waals surface area contributed by atoms with Gasteiger partial charge in [-0.05, 0) is 36.8 Å². The van der Waals surface area contributed by atoms with Crippen molar-refractivity contribution in [1.29, 1.82) is 0 Å². The van der Waals surface area contributed by atoms with Crippen molar-refractivity contribution in [3.8, 4) is 5.13 Å². The molecule has 0 radical (unpaired) electrons. The van der Waals surface area contributed by atoms with E-state index >= 15 is 0 Å². The van der Waals surface area contributed by atoms with Gasteiger partial charge in [-0.2, -0.15) is 9.78 Å². The van der Waals surface area contributed by atoms with E-state index in [0.717, 1.165) is 42.5 Å². The molecule has 0 fully saturated rings. The average molecular weight is 471 g/mol. The maximum absolute atomic E-state index is 12.5. The molecule has 0 bridgehead atoms. The first-order chi connectivity index (χ1) is 13.6. The predicted octanol–water partition coefficient (Wildman–Crippen LogP) is 5.33. The number of benzene rings is 2. The van der Waals surface area contributed by atoms with Gasteiger partial charge in [-0.15, -0.1) is 11.8 Å². The fourth-order valence-electron chi connectivity index (χ4n) is 3.41. The first kappa shape index (κ1) is 17.9. The Bertz CT molecular complexity index is 1180. The zero-order valence-corrected chi connectivity index (χ0v) is 18.1. The molecule has 5 rings (SSSR count). The van der Waals surface area contributed by atoms with Crippen LogP contribution in [0, 0.1) is 6.92 Å². The lowest BCUT2D eigenvalue weighted by molar-refractivity contribution is -0.113. The zero-order valence-electron chi connectivity index (χ0n) is 14.8. The Balaban J connectivity index is 1.70. The molecule has 0 spiro atoms. The number of carbonyl (C=O) groups is 1. The summed E-state index contributed by atoms with van der Waals surface area (Å²) in [5.74, 6) is 1.09. The van der Waals surface area contributed by atoms with E-state index in [1.807, 2.05) is 43.3 Å². The van der Waals surface area contributed by atoms with E-state index in [1.54, 1.807) is 27.8 Å². The summed E-state index contributed by atoms with van der Waals surface area (Å²) in [4.78, 5) is 17.2. The van der Waals surface area contributed by atoms with Gasteiger partial charge in [0.25, 0.3) is 0 Å². The van der Waals surface area contributed by atoms with E-state index in [1.165, 1.54) is 0 Å². The molecule has 5 nitrogen and oxygen atoms in total. The molecule has 8 heteroatoms. The van der Waals surface area contributed by atoms with E-state index in [-0.39, 0.29) is 11.2 Å². The van der Waals surface area contributed by atoms with Crippen molar-refractivity contribution in [3.63, 3.8) is 0 Å². The SMILES string of the molecule is Cc1nn(-c2nc3ccccc3s2)c2c1C(c1cccc(Br)c1)SCC(=O)N2. The molecule has 140 valence electrons. The number of hydrogen-bond donors (Lipinski definition) is 1. The number of fused-ring (bicyclic) bond motifs is 2. The van der Waals surface area contributed by atoms with Crippen molar-refractivity contribution < 1.29 is 4.79 Å². The van der Waals surface area contributed by atoms with Crippen LogP contribution < -0.4 is 5.32 Å². The van der Waals surface area contributed by atoms with E-state index in [9.17, 15) is 4.79 Å². The second-order valence-corrected chi connectivity index (χ2v) is 9.54. The quantitative estimate of drug-likeness (QED) is 0.430. The Morgan fingerprint density at radius 2 is 2.07 bits per heavy atom. The van der Waals surface area contributed by atoms with Crippen LogP contribution in [0.15, 0.2) is 53.0 Å². The predicted molar refractivity (Wildman–Crippen MR) is 119 cm³/mol. The fraction of sp³-hybridized carbons (Fsp3) is 0.150. The lowest BCUT2D eigenvalue weighted by atomic mass is 10.0. The highest BCUT2D eigenvalue weighted by Crippen LogP contribution is 2.44. The molecular weight excluding hydrogens is 456 g/mol. The summed E-state index contributed by atoms with van der Waals surface area (Å²) in [7, 11) is 0. The Morgan fingerprint density at radius 3 is 2.89 bits per heavy atom. The van der Waals surface area contributed by atoms with Gasteiger partial charge in [-0.25, -0.2) is 4.98 Å². The number of nitrogens with zero attached hydrogens (tertiary/aromatic N) is 3. The van der Waals surface area contributed by atoms with Crippen LogP contribution in [0.4, 0.5) is 5.82 Å². The molecule has 4 aromatic rings. The number of anilines is 1. The van der Waals surface area contributed by atoms with Crippen molar-refractivity contribution in [2.75, 3.05) is 11.1 Å². The van der Waals surface area contributed by atoms with Crippen LogP contribution >= 0.6 is 39.0 Å². The standard InChI is InChI=1S/C20H15BrN4OS2/c1-11-17-18(12-5-4-6-13(21)9-12)27-10-16(26)23-19(17)25(24-11)20-22-14-7-2-3-8-15(14)28-20/h2-9,18H,10H2,1H3,(H,23,26). The number of thioether (sulfide) groups is 1. The Morgan fingerprint density at radius 1 is 1.21 bits per heavy atom. The van der Waals surface area contributed by atoms with Crippen LogP contribution in [0.2, 0.25) is 0 Å². The van der Waals surface area contributed by atoms with Gasteiger partial charge in [0.2, 0.25) is 11.0 Å². The topological polar surface area (TPSA) is 59.8 Å². The van der Waals surface area contributed by atoms with Crippen molar-refractivity contribution >= 4 is 61.0 Å². The summed E-state index contributed by atoms with van der Waals surface area (Å²) in [6.07, 6.45) is 0. The van der Waals surface area contributed by atoms with Crippen molar-refractivity contribution in [1.82, 2.24) is 14.8 Å². The van der Waals surface area contributed by atoms with E-state index in [4.69, 9.17) is 10.1 Å². The molecule has 1 atom stereocenters. The maximum Gasteiger partial charge on any atom is 0.235 e. The Kier molecular flexibility index (Phi) is 4.49. The van der Waals surface area contributed by atoms with Crippen LogP contribution in [0.3, 0.4) is 0 Å². The number of para-hydroxylation sites is 1. The molecular formula is C20H15BrN4OS2. The normalized spacial score (nSPS) is 16.6. The third-order valence-electron chi connectivity index (χ3n) is 4.62. The summed E-state index contributed by atoms with van der Waals surface area (Å²) in [6.45, 7) is 1.99. The highest BCUT2D eigenvalue weighted by molar-refractivity contribution is 9.10. The second-order valence-electron chi connectivity index (χ2n) is 6.52. The number of rotatable bonds is 2. The Labute approximate surface area is 178 Å². The Hall–Kier alpha value is -2.16. The minimum Gasteiger partial charge on any atom is -0.310 e. The molecule has 0 saturated heterocycles. The van der Waals surface area contributed by atoms with Gasteiger partial charge in [0.1, 0.15) is 5.82 Å². The third-order valence-corrected chi connectivity index (χ3v) is 7.40. The monoisotopic (exact) mass is 470 g/mol. The number of halogens is 1. The molecule has 3 heterocycles. The van der Waals surface area contributed by atoms with E-state index < -0.39 is 0 Å². The van der Waals surface area contributed by atoms with Gasteiger partial charge in [-0.1, -0.05) is 51.5 Å². The lowest BCUT2D eigenvalue weighted by Gasteiger charge is -2.15. The molecule has 1 N–H and O–H groups in total. The molecule has 2 aromatic carbocycles. The number of thiazole rings is 1. The number of aromatic nitrogens is 3. The van der Waals surface area contributed by atoms with Crippen molar-refractivity contribution in [2.45, 2.75) is 12.2 Å². The number of nitrogens with one attached hydrogen (secondary N) is 1. The van der Waals surface area contributed by atoms with Gasteiger partial charge in [0.05, 0.1) is 26.9 Å². The molecule has 1 unspecified atom stereocenters. The van der Waals surface area contributed by atoms with Crippen LogP contribution in [-0.2, 0) is 4.79 Å². The zero-order chi connectivity index (χ0) is 19.3. The minimum absolute atomic E-state index is 0.0222. The number of hydrogen-bond acceptors (Lipinski definition) is 5. The molecule has 0 saturated carbocycles. The van der Waals surface area contributed by atoms with Crippen LogP contribution in [-0.4, -0.2) is 26.4 Å². The smallest absolute Gasteiger partial charge is 0.235 e. The van der Waals surface area contributed by atoms with Crippen LogP contribution in [0.5, 0.6) is 0 Å². The highest BCUT2D eigenvalue weighted by Gasteiger charge is 2.31. The van der Waals surface area contributed by atoms with Crippen molar-refractivity contribution in [2.24, 2.45) is 0 Å². The second kappa shape index (κ2) is 7.02. The molecule has 28 heavy (non-hydrogen) atoms. The lowest BCUT2D eigenvalue weighted by Crippen LogP contribution is -2.15. The summed E-state index contributed by atoms with van der Waals surface area (Å²) < 4.78 is 3.90. The molecule has 1 aliphatic rings. The average Bonchev–Trinajstić information content (AvgIpc) is 3.18. The van der Waals surface area contributed by atoms with Crippen LogP contribution in [0.25, 0.3) is 15.3 Å². The first-order valence-electron chi connectivity index (χ1n) is 8.72. The van der Waals surface area contributed by atoms with E-state index in [2.05, 4.69) is 33.4 Å². The summed E-state index contributed by atoms with van der Waals surface area (Å²) in [5.41, 5.74) is 4.01. The summed E-state index contributed by atoms with van der Waals surface area (Å²) >= 11 is 6.75. The fourth-order valence-corrected chi connectivity index (χ4v) is 5.92. The van der Waals surface area contributed by atoms with Gasteiger partial charge < -0.3 is 5.32 Å². The number of amides is 1. The molecule has 1 amide bonds.